The third kappa shape index (κ3) is 1.46. The van der Waals surface area contributed by atoms with E-state index in [9.17, 15) is 9.59 Å². The first kappa shape index (κ1) is 9.39. The fraction of sp³-hybridized carbons (Fsp3) is 0.333. The summed E-state index contributed by atoms with van der Waals surface area (Å²) < 4.78 is 0. The van der Waals surface area contributed by atoms with E-state index in [1.165, 1.54) is 0 Å². The van der Waals surface area contributed by atoms with Gasteiger partial charge in [-0.2, -0.15) is 0 Å². The molecule has 2 N–H and O–H groups in total. The molecular formula is C12H12N2O2. The second-order valence-corrected chi connectivity index (χ2v) is 4.32. The molecule has 2 aliphatic rings. The highest BCUT2D eigenvalue weighted by molar-refractivity contribution is 6.10. The van der Waals surface area contributed by atoms with Crippen molar-refractivity contribution in [3.8, 4) is 0 Å². The molecule has 3 rings (SSSR count). The number of rotatable bonds is 1. The maximum Gasteiger partial charge on any atom is 0.254 e. The Morgan fingerprint density at radius 3 is 2.62 bits per heavy atom. The summed E-state index contributed by atoms with van der Waals surface area (Å²) in [6.45, 7) is 0. The Morgan fingerprint density at radius 1 is 1.12 bits per heavy atom. The fourth-order valence-corrected chi connectivity index (χ4v) is 2.05. The summed E-state index contributed by atoms with van der Waals surface area (Å²) >= 11 is 0. The number of hydrogen-bond donors (Lipinski definition) is 2. The molecule has 1 unspecified atom stereocenters. The average Bonchev–Trinajstić information content (AvgIpc) is 3.09. The molecule has 1 aromatic carbocycles. The molecule has 1 aliphatic carbocycles. The van der Waals surface area contributed by atoms with Gasteiger partial charge in [0.2, 0.25) is 5.91 Å². The first-order valence-electron chi connectivity index (χ1n) is 5.46. The minimum absolute atomic E-state index is 0.0965. The van der Waals surface area contributed by atoms with E-state index in [4.69, 9.17) is 0 Å². The standard InChI is InChI=1S/C12H12N2O2/c15-11-8-3-1-2-4-9(8)13-12(16)10(14-11)7-5-6-7/h1-4,7,10H,5-6H2,(H,13,16)(H,14,15). The Kier molecular flexibility index (Phi) is 1.96. The SMILES string of the molecule is O=C1NC(C2CC2)C(=O)Nc2ccccc21. The van der Waals surface area contributed by atoms with Gasteiger partial charge in [-0.05, 0) is 30.9 Å². The topological polar surface area (TPSA) is 58.2 Å². The number of nitrogens with one attached hydrogen (secondary N) is 2. The number of carbonyl (C=O) groups is 2. The molecule has 1 aromatic rings. The molecule has 1 atom stereocenters. The summed E-state index contributed by atoms with van der Waals surface area (Å²) in [5.74, 6) is 0.0601. The van der Waals surface area contributed by atoms with Crippen LogP contribution in [0.3, 0.4) is 0 Å². The van der Waals surface area contributed by atoms with Gasteiger partial charge in [0.25, 0.3) is 5.91 Å². The van der Waals surface area contributed by atoms with Gasteiger partial charge in [-0.25, -0.2) is 0 Å². The van der Waals surface area contributed by atoms with Gasteiger partial charge in [0.05, 0.1) is 11.3 Å². The summed E-state index contributed by atoms with van der Waals surface area (Å²) in [7, 11) is 0. The van der Waals surface area contributed by atoms with Gasteiger partial charge in [-0.1, -0.05) is 12.1 Å². The normalized spacial score (nSPS) is 24.1. The van der Waals surface area contributed by atoms with Gasteiger partial charge in [-0.3, -0.25) is 9.59 Å². The first-order chi connectivity index (χ1) is 7.75. The molecule has 0 spiro atoms. The fourth-order valence-electron chi connectivity index (χ4n) is 2.05. The quantitative estimate of drug-likeness (QED) is 0.739. The van der Waals surface area contributed by atoms with Crippen molar-refractivity contribution in [3.05, 3.63) is 29.8 Å². The van der Waals surface area contributed by atoms with Crippen molar-refractivity contribution >= 4 is 17.5 Å². The van der Waals surface area contributed by atoms with Crippen LogP contribution in [0, 0.1) is 5.92 Å². The Balaban J connectivity index is 1.98. The third-order valence-electron chi connectivity index (χ3n) is 3.09. The van der Waals surface area contributed by atoms with Crippen LogP contribution < -0.4 is 10.6 Å². The molecule has 1 heterocycles. The van der Waals surface area contributed by atoms with Crippen molar-refractivity contribution in [1.82, 2.24) is 5.32 Å². The van der Waals surface area contributed by atoms with E-state index in [2.05, 4.69) is 10.6 Å². The molecule has 0 aromatic heterocycles. The van der Waals surface area contributed by atoms with Crippen LogP contribution in [-0.2, 0) is 4.79 Å². The van der Waals surface area contributed by atoms with Crippen LogP contribution in [0.15, 0.2) is 24.3 Å². The van der Waals surface area contributed by atoms with Gasteiger partial charge in [0, 0.05) is 0 Å². The lowest BCUT2D eigenvalue weighted by atomic mass is 10.1. The van der Waals surface area contributed by atoms with E-state index in [0.717, 1.165) is 12.8 Å². The van der Waals surface area contributed by atoms with Crippen molar-refractivity contribution in [2.45, 2.75) is 18.9 Å². The lowest BCUT2D eigenvalue weighted by Gasteiger charge is -2.12. The second-order valence-electron chi connectivity index (χ2n) is 4.32. The predicted molar refractivity (Wildman–Crippen MR) is 59.0 cm³/mol. The number of hydrogen-bond acceptors (Lipinski definition) is 2. The molecule has 1 saturated carbocycles. The minimum atomic E-state index is -0.361. The molecule has 82 valence electrons. The monoisotopic (exact) mass is 216 g/mol. The predicted octanol–water partition coefficient (Wildman–Crippen LogP) is 1.15. The first-order valence-corrected chi connectivity index (χ1v) is 5.46. The molecule has 1 aliphatic heterocycles. The Labute approximate surface area is 93.0 Å². The van der Waals surface area contributed by atoms with Crippen LogP contribution in [-0.4, -0.2) is 17.9 Å². The van der Waals surface area contributed by atoms with Gasteiger partial charge in [-0.15, -0.1) is 0 Å². The van der Waals surface area contributed by atoms with Crippen molar-refractivity contribution in [1.29, 1.82) is 0 Å². The molecule has 4 nitrogen and oxygen atoms in total. The molecular weight excluding hydrogens is 204 g/mol. The van der Waals surface area contributed by atoms with Crippen LogP contribution in [0.25, 0.3) is 0 Å². The number of fused-ring (bicyclic) bond motifs is 1. The van der Waals surface area contributed by atoms with Crippen molar-refractivity contribution < 1.29 is 9.59 Å². The van der Waals surface area contributed by atoms with E-state index in [1.54, 1.807) is 18.2 Å². The number of para-hydroxylation sites is 1. The second kappa shape index (κ2) is 3.33. The third-order valence-corrected chi connectivity index (χ3v) is 3.09. The lowest BCUT2D eigenvalue weighted by molar-refractivity contribution is -0.118. The zero-order valence-electron chi connectivity index (χ0n) is 8.69. The largest absolute Gasteiger partial charge is 0.340 e. The highest BCUT2D eigenvalue weighted by Crippen LogP contribution is 2.34. The number of carbonyl (C=O) groups excluding carboxylic acids is 2. The van der Waals surface area contributed by atoms with Crippen LogP contribution in [0.2, 0.25) is 0 Å². The van der Waals surface area contributed by atoms with Crippen LogP contribution in [0.5, 0.6) is 0 Å². The van der Waals surface area contributed by atoms with Gasteiger partial charge in [0.15, 0.2) is 0 Å². The number of anilines is 1. The summed E-state index contributed by atoms with van der Waals surface area (Å²) in [4.78, 5) is 23.8. The Hall–Kier alpha value is -1.84. The summed E-state index contributed by atoms with van der Waals surface area (Å²) in [5.41, 5.74) is 1.15. The minimum Gasteiger partial charge on any atom is -0.340 e. The van der Waals surface area contributed by atoms with Crippen LogP contribution in [0.4, 0.5) is 5.69 Å². The molecule has 0 saturated heterocycles. The van der Waals surface area contributed by atoms with E-state index < -0.39 is 0 Å². The summed E-state index contributed by atoms with van der Waals surface area (Å²) in [5, 5.41) is 5.60. The van der Waals surface area contributed by atoms with Crippen molar-refractivity contribution in [2.75, 3.05) is 5.32 Å². The maximum absolute atomic E-state index is 11.9. The highest BCUT2D eigenvalue weighted by atomic mass is 16.2. The van der Waals surface area contributed by atoms with Crippen molar-refractivity contribution in [2.24, 2.45) is 5.92 Å². The van der Waals surface area contributed by atoms with Gasteiger partial charge >= 0.3 is 0 Å². The average molecular weight is 216 g/mol. The smallest absolute Gasteiger partial charge is 0.254 e. The highest BCUT2D eigenvalue weighted by Gasteiger charge is 2.39. The number of benzene rings is 1. The molecule has 4 heteroatoms. The molecule has 0 radical (unpaired) electrons. The molecule has 0 bridgehead atoms. The van der Waals surface area contributed by atoms with E-state index in [-0.39, 0.29) is 17.9 Å². The zero-order chi connectivity index (χ0) is 11.1. The van der Waals surface area contributed by atoms with E-state index in [1.807, 2.05) is 6.07 Å². The zero-order valence-corrected chi connectivity index (χ0v) is 8.69. The molecule has 2 amide bonds. The van der Waals surface area contributed by atoms with Crippen molar-refractivity contribution in [3.63, 3.8) is 0 Å². The van der Waals surface area contributed by atoms with E-state index >= 15 is 0 Å². The molecule has 1 fully saturated rings. The van der Waals surface area contributed by atoms with Gasteiger partial charge < -0.3 is 10.6 Å². The van der Waals surface area contributed by atoms with Crippen LogP contribution >= 0.6 is 0 Å². The summed E-state index contributed by atoms with van der Waals surface area (Å²) in [6, 6.07) is 6.72. The Bertz CT molecular complexity index is 466. The number of amides is 2. The summed E-state index contributed by atoms with van der Waals surface area (Å²) in [6.07, 6.45) is 2.05. The Morgan fingerprint density at radius 2 is 1.88 bits per heavy atom. The lowest BCUT2D eigenvalue weighted by Crippen LogP contribution is -2.42. The van der Waals surface area contributed by atoms with Gasteiger partial charge in [0.1, 0.15) is 6.04 Å². The van der Waals surface area contributed by atoms with E-state index in [0.29, 0.717) is 17.2 Å². The van der Waals surface area contributed by atoms with Crippen LogP contribution in [0.1, 0.15) is 23.2 Å². The maximum atomic E-state index is 11.9. The molecule has 16 heavy (non-hydrogen) atoms.